The molecular weight excluding hydrogens is 374 g/mol. The number of fused-ring (bicyclic) bond motifs is 1. The van der Waals surface area contributed by atoms with Crippen molar-refractivity contribution in [3.63, 3.8) is 0 Å². The van der Waals surface area contributed by atoms with Crippen molar-refractivity contribution in [2.45, 2.75) is 16.3 Å². The van der Waals surface area contributed by atoms with Crippen molar-refractivity contribution in [3.8, 4) is 0 Å². The summed E-state index contributed by atoms with van der Waals surface area (Å²) in [5.41, 5.74) is 1.06. The minimum atomic E-state index is -4.14. The van der Waals surface area contributed by atoms with Crippen molar-refractivity contribution < 1.29 is 16.8 Å². The fourth-order valence-corrected chi connectivity index (χ4v) is 5.11. The number of benzene rings is 2. The number of nitrogens with two attached hydrogens (primary N) is 1. The highest BCUT2D eigenvalue weighted by Crippen LogP contribution is 2.35. The Hall–Kier alpha value is -1.65. The normalized spacial score (nSPS) is 17.1. The van der Waals surface area contributed by atoms with E-state index in [0.29, 0.717) is 0 Å². The van der Waals surface area contributed by atoms with Gasteiger partial charge in [-0.05, 0) is 17.7 Å². The van der Waals surface area contributed by atoms with Gasteiger partial charge < -0.3 is 5.32 Å². The number of nitrogens with one attached hydrogen (secondary N) is 1. The average molecular weight is 388 g/mol. The molecule has 3 rings (SSSR count). The first-order valence-electron chi connectivity index (χ1n) is 6.84. The second-order valence-electron chi connectivity index (χ2n) is 5.26. The molecule has 1 heterocycles. The van der Waals surface area contributed by atoms with Crippen LogP contribution in [-0.4, -0.2) is 27.8 Å². The maximum atomic E-state index is 12.8. The molecule has 2 aromatic rings. The predicted molar refractivity (Wildman–Crippen MR) is 90.5 cm³/mol. The Balaban J connectivity index is 2.06. The maximum absolute atomic E-state index is 12.8. The summed E-state index contributed by atoms with van der Waals surface area (Å²) in [5.74, 6) is 0. The summed E-state index contributed by atoms with van der Waals surface area (Å²) in [7, 11) is -8.02. The Morgan fingerprint density at radius 3 is 2.50 bits per heavy atom. The molecule has 0 fully saturated rings. The number of hydrogen-bond acceptors (Lipinski definition) is 5. The van der Waals surface area contributed by atoms with E-state index in [1.807, 2.05) is 30.3 Å². The zero-order chi connectivity index (χ0) is 17.5. The lowest BCUT2D eigenvalue weighted by atomic mass is 10.2. The van der Waals surface area contributed by atoms with Gasteiger partial charge in [-0.3, -0.25) is 0 Å². The smallest absolute Gasteiger partial charge is 0.247 e. The second-order valence-corrected chi connectivity index (χ2v) is 9.10. The summed E-state index contributed by atoms with van der Waals surface area (Å²) in [6.45, 7) is 0.207. The van der Waals surface area contributed by atoms with Gasteiger partial charge in [0, 0.05) is 6.54 Å². The molecule has 0 amide bonds. The fraction of sp³-hybridized carbons (Fsp3) is 0.143. The van der Waals surface area contributed by atoms with Crippen LogP contribution in [0, 0.1) is 0 Å². The first-order chi connectivity index (χ1) is 11.2. The quantitative estimate of drug-likeness (QED) is 0.830. The molecule has 0 spiro atoms. The molecule has 0 aromatic heterocycles. The predicted octanol–water partition coefficient (Wildman–Crippen LogP) is 1.56. The monoisotopic (exact) mass is 387 g/mol. The van der Waals surface area contributed by atoms with E-state index in [2.05, 4.69) is 5.32 Å². The molecule has 128 valence electrons. The molecule has 0 unspecified atom stereocenters. The van der Waals surface area contributed by atoms with Gasteiger partial charge in [0.2, 0.25) is 20.0 Å². The summed E-state index contributed by atoms with van der Waals surface area (Å²) < 4.78 is 50.0. The molecule has 0 atom stereocenters. The molecular formula is C14H14ClN3O4S2. The van der Waals surface area contributed by atoms with Crippen LogP contribution in [0.3, 0.4) is 0 Å². The van der Waals surface area contributed by atoms with Gasteiger partial charge in [-0.25, -0.2) is 22.0 Å². The van der Waals surface area contributed by atoms with Crippen LogP contribution in [0.1, 0.15) is 5.56 Å². The second kappa shape index (κ2) is 6.01. The Morgan fingerprint density at radius 2 is 1.88 bits per heavy atom. The van der Waals surface area contributed by atoms with E-state index in [-0.39, 0.29) is 28.8 Å². The minimum Gasteiger partial charge on any atom is -0.370 e. The first-order valence-corrected chi connectivity index (χ1v) is 10.2. The highest BCUT2D eigenvalue weighted by molar-refractivity contribution is 7.90. The number of primary sulfonamides is 1. The lowest BCUT2D eigenvalue weighted by Crippen LogP contribution is -2.39. The molecule has 0 bridgehead atoms. The molecule has 2 aromatic carbocycles. The van der Waals surface area contributed by atoms with Crippen LogP contribution in [0.5, 0.6) is 0 Å². The Kier molecular flexibility index (Phi) is 4.30. The molecule has 10 heteroatoms. The van der Waals surface area contributed by atoms with Crippen molar-refractivity contribution in [2.24, 2.45) is 5.14 Å². The van der Waals surface area contributed by atoms with Gasteiger partial charge in [0.05, 0.1) is 17.4 Å². The van der Waals surface area contributed by atoms with E-state index in [9.17, 15) is 16.8 Å². The van der Waals surface area contributed by atoms with E-state index in [0.717, 1.165) is 11.6 Å². The number of sulfonamides is 2. The van der Waals surface area contributed by atoms with Gasteiger partial charge >= 0.3 is 0 Å². The highest BCUT2D eigenvalue weighted by atomic mass is 35.5. The SMILES string of the molecule is NS(=O)(=O)c1cc2c(cc1Cl)NCN(Cc1ccccc1)S2(=O)=O. The van der Waals surface area contributed by atoms with Crippen LogP contribution in [0.2, 0.25) is 5.02 Å². The van der Waals surface area contributed by atoms with Crippen LogP contribution in [-0.2, 0) is 26.6 Å². The fourth-order valence-electron chi connectivity index (χ4n) is 2.43. The third kappa shape index (κ3) is 3.13. The summed E-state index contributed by atoms with van der Waals surface area (Å²) in [5, 5.41) is 7.90. The number of hydrogen-bond donors (Lipinski definition) is 2. The summed E-state index contributed by atoms with van der Waals surface area (Å²) in [4.78, 5) is -0.590. The van der Waals surface area contributed by atoms with Crippen molar-refractivity contribution in [2.75, 3.05) is 12.0 Å². The van der Waals surface area contributed by atoms with Gasteiger partial charge in [0.15, 0.2) is 0 Å². The van der Waals surface area contributed by atoms with E-state index in [1.165, 1.54) is 10.4 Å². The van der Waals surface area contributed by atoms with Crippen LogP contribution >= 0.6 is 11.6 Å². The third-order valence-electron chi connectivity index (χ3n) is 3.61. The zero-order valence-corrected chi connectivity index (χ0v) is 14.7. The summed E-state index contributed by atoms with van der Waals surface area (Å²) in [6.07, 6.45) is 0. The van der Waals surface area contributed by atoms with Gasteiger partial charge in [0.1, 0.15) is 9.79 Å². The van der Waals surface area contributed by atoms with Gasteiger partial charge in [-0.2, -0.15) is 4.31 Å². The van der Waals surface area contributed by atoms with E-state index in [1.54, 1.807) is 0 Å². The van der Waals surface area contributed by atoms with E-state index in [4.69, 9.17) is 16.7 Å². The van der Waals surface area contributed by atoms with Crippen LogP contribution in [0.25, 0.3) is 0 Å². The molecule has 0 saturated heterocycles. The van der Waals surface area contributed by atoms with Gasteiger partial charge in [0.25, 0.3) is 0 Å². The topological polar surface area (TPSA) is 110 Å². The lowest BCUT2D eigenvalue weighted by molar-refractivity contribution is 0.420. The molecule has 0 saturated carbocycles. The first kappa shape index (κ1) is 17.2. The molecule has 0 aliphatic carbocycles. The average Bonchev–Trinajstić information content (AvgIpc) is 2.49. The summed E-state index contributed by atoms with van der Waals surface area (Å²) in [6, 6.07) is 11.3. The molecule has 0 radical (unpaired) electrons. The number of nitrogens with zero attached hydrogens (tertiary/aromatic N) is 1. The Morgan fingerprint density at radius 1 is 1.21 bits per heavy atom. The van der Waals surface area contributed by atoms with Crippen molar-refractivity contribution in [1.29, 1.82) is 0 Å². The van der Waals surface area contributed by atoms with Crippen molar-refractivity contribution in [1.82, 2.24) is 4.31 Å². The minimum absolute atomic E-state index is 0.0509. The summed E-state index contributed by atoms with van der Waals surface area (Å²) >= 11 is 5.90. The number of anilines is 1. The van der Waals surface area contributed by atoms with Crippen LogP contribution < -0.4 is 10.5 Å². The maximum Gasteiger partial charge on any atom is 0.247 e. The van der Waals surface area contributed by atoms with E-state index >= 15 is 0 Å². The number of halogens is 1. The molecule has 7 nitrogen and oxygen atoms in total. The van der Waals surface area contributed by atoms with Crippen molar-refractivity contribution >= 4 is 37.3 Å². The zero-order valence-electron chi connectivity index (χ0n) is 12.3. The Bertz CT molecular complexity index is 992. The molecule has 1 aliphatic heterocycles. The standard InChI is InChI=1S/C14H14ClN3O4S2/c15-11-6-12-14(7-13(11)23(16,19)20)24(21,22)18(9-17-12)8-10-4-2-1-3-5-10/h1-7,17H,8-9H2,(H2,16,19,20). The van der Waals surface area contributed by atoms with Crippen LogP contribution in [0.4, 0.5) is 5.69 Å². The number of rotatable bonds is 3. The largest absolute Gasteiger partial charge is 0.370 e. The third-order valence-corrected chi connectivity index (χ3v) is 6.81. The Labute approximate surface area is 145 Å². The molecule has 1 aliphatic rings. The lowest BCUT2D eigenvalue weighted by Gasteiger charge is -2.29. The van der Waals surface area contributed by atoms with Crippen molar-refractivity contribution in [3.05, 3.63) is 53.1 Å². The van der Waals surface area contributed by atoms with Crippen LogP contribution in [0.15, 0.2) is 52.3 Å². The van der Waals surface area contributed by atoms with Gasteiger partial charge in [-0.15, -0.1) is 0 Å². The van der Waals surface area contributed by atoms with Gasteiger partial charge in [-0.1, -0.05) is 41.9 Å². The van der Waals surface area contributed by atoms with E-state index < -0.39 is 24.9 Å². The molecule has 24 heavy (non-hydrogen) atoms. The highest BCUT2D eigenvalue weighted by Gasteiger charge is 2.33. The molecule has 3 N–H and O–H groups in total.